The number of hydrogen-bond donors (Lipinski definition) is 2. The molecule has 8 heteroatoms. The molecule has 2 N–H and O–H groups in total. The molecule has 0 radical (unpaired) electrons. The minimum atomic E-state index is -4.78. The number of nitrogens with zero attached hydrogens (tertiary/aromatic N) is 1. The van der Waals surface area contributed by atoms with Crippen molar-refractivity contribution in [2.75, 3.05) is 18.6 Å². The molecule has 0 aliphatic carbocycles. The summed E-state index contributed by atoms with van der Waals surface area (Å²) in [6.07, 6.45) is -0.805. The molecule has 0 unspecified atom stereocenters. The highest BCUT2D eigenvalue weighted by Crippen LogP contribution is 2.37. The number of alkyl halides is 3. The Morgan fingerprint density at radius 1 is 1.29 bits per heavy atom. The summed E-state index contributed by atoms with van der Waals surface area (Å²) in [6, 6.07) is 7.45. The third-order valence-electron chi connectivity index (χ3n) is 5.29. The maximum Gasteiger partial charge on any atom is 0.573 e. The smallest absolute Gasteiger partial charge is 0.406 e. The summed E-state index contributed by atoms with van der Waals surface area (Å²) in [5.41, 5.74) is 5.44. The van der Waals surface area contributed by atoms with Crippen molar-refractivity contribution < 1.29 is 27.8 Å². The third kappa shape index (κ3) is 7.66. The largest absolute Gasteiger partial charge is 0.573 e. The van der Waals surface area contributed by atoms with Crippen molar-refractivity contribution in [2.45, 2.75) is 40.1 Å². The van der Waals surface area contributed by atoms with E-state index in [0.29, 0.717) is 16.7 Å². The maximum absolute atomic E-state index is 12.6. The molecule has 0 fully saturated rings. The van der Waals surface area contributed by atoms with Crippen molar-refractivity contribution in [2.24, 2.45) is 0 Å². The van der Waals surface area contributed by atoms with Crippen LogP contribution in [0.2, 0.25) is 0 Å². The SMILES string of the molecule is C=CC(=O)NCc1cc(-c2ccc(OC(F)(F)F)cc2)c(C)c(N(C)/C=C(\C)CC)c1C#CCO. The molecular formula is C27H29F3N2O3. The molecule has 2 aromatic carbocycles. The second-order valence-electron chi connectivity index (χ2n) is 7.83. The number of benzene rings is 2. The first-order chi connectivity index (χ1) is 16.5. The van der Waals surface area contributed by atoms with E-state index in [0.717, 1.165) is 34.9 Å². The van der Waals surface area contributed by atoms with E-state index in [1.165, 1.54) is 12.1 Å². The number of amides is 1. The molecule has 5 nitrogen and oxygen atoms in total. The van der Waals surface area contributed by atoms with Crippen molar-refractivity contribution in [1.82, 2.24) is 5.32 Å². The maximum atomic E-state index is 12.6. The van der Waals surface area contributed by atoms with E-state index in [9.17, 15) is 23.1 Å². The van der Waals surface area contributed by atoms with Gasteiger partial charge in [0.15, 0.2) is 0 Å². The number of aliphatic hydroxyl groups is 1. The van der Waals surface area contributed by atoms with Crippen molar-refractivity contribution >= 4 is 11.6 Å². The van der Waals surface area contributed by atoms with Crippen LogP contribution in [0.3, 0.4) is 0 Å². The standard InChI is InChI=1S/C27H29F3N2O3/c1-6-18(3)17-32(5)26-19(4)24(20-10-12-22(13-11-20)35-27(28,29)30)15-21(16-31-25(34)7-2)23(26)9-8-14-33/h7,10-13,15,17,33H,2,6,14,16H2,1,3-5H3,(H,31,34)/b18-17+. The number of carbonyl (C=O) groups excluding carboxylic acids is 1. The van der Waals surface area contributed by atoms with Gasteiger partial charge in [0.1, 0.15) is 12.4 Å². The van der Waals surface area contributed by atoms with Crippen LogP contribution in [0.4, 0.5) is 18.9 Å². The molecule has 0 aliphatic heterocycles. The van der Waals surface area contributed by atoms with Crippen LogP contribution in [0.1, 0.15) is 37.0 Å². The highest BCUT2D eigenvalue weighted by Gasteiger charge is 2.31. The normalized spacial score (nSPS) is 11.4. The average molecular weight is 487 g/mol. The minimum Gasteiger partial charge on any atom is -0.406 e. The van der Waals surface area contributed by atoms with Gasteiger partial charge in [-0.05, 0) is 66.8 Å². The number of allylic oxidation sites excluding steroid dienone is 1. The Morgan fingerprint density at radius 3 is 2.49 bits per heavy atom. The quantitative estimate of drug-likeness (QED) is 0.385. The number of nitrogens with one attached hydrogen (secondary N) is 1. The van der Waals surface area contributed by atoms with Gasteiger partial charge in [0.25, 0.3) is 0 Å². The van der Waals surface area contributed by atoms with Crippen LogP contribution in [-0.4, -0.2) is 31.0 Å². The summed E-state index contributed by atoms with van der Waals surface area (Å²) in [5.74, 6) is 5.01. The highest BCUT2D eigenvalue weighted by atomic mass is 19.4. The predicted molar refractivity (Wildman–Crippen MR) is 132 cm³/mol. The molecule has 0 saturated carbocycles. The van der Waals surface area contributed by atoms with E-state index in [1.54, 1.807) is 12.1 Å². The van der Waals surface area contributed by atoms with Gasteiger partial charge in [-0.15, -0.1) is 13.2 Å². The molecule has 186 valence electrons. The summed E-state index contributed by atoms with van der Waals surface area (Å²) >= 11 is 0. The Hall–Kier alpha value is -3.70. The Morgan fingerprint density at radius 2 is 1.94 bits per heavy atom. The second kappa shape index (κ2) is 12.1. The van der Waals surface area contributed by atoms with Gasteiger partial charge in [-0.1, -0.05) is 43.0 Å². The van der Waals surface area contributed by atoms with Gasteiger partial charge < -0.3 is 20.1 Å². The lowest BCUT2D eigenvalue weighted by molar-refractivity contribution is -0.274. The van der Waals surface area contributed by atoms with Crippen LogP contribution in [0.5, 0.6) is 5.75 Å². The zero-order chi connectivity index (χ0) is 26.2. The van der Waals surface area contributed by atoms with Gasteiger partial charge in [-0.25, -0.2) is 0 Å². The number of hydrogen-bond acceptors (Lipinski definition) is 4. The zero-order valence-corrected chi connectivity index (χ0v) is 20.2. The predicted octanol–water partition coefficient (Wildman–Crippen LogP) is 5.46. The summed E-state index contributed by atoms with van der Waals surface area (Å²) in [6.45, 7) is 9.20. The fourth-order valence-corrected chi connectivity index (χ4v) is 3.55. The first-order valence-corrected chi connectivity index (χ1v) is 10.9. The molecule has 0 atom stereocenters. The molecule has 0 aromatic heterocycles. The average Bonchev–Trinajstić information content (AvgIpc) is 2.80. The lowest BCUT2D eigenvalue weighted by atomic mass is 9.91. The topological polar surface area (TPSA) is 61.8 Å². The van der Waals surface area contributed by atoms with Crippen molar-refractivity contribution in [3.8, 4) is 28.7 Å². The number of ether oxygens (including phenoxy) is 1. The summed E-state index contributed by atoms with van der Waals surface area (Å²) in [4.78, 5) is 13.8. The Bertz CT molecular complexity index is 1160. The first-order valence-electron chi connectivity index (χ1n) is 10.9. The third-order valence-corrected chi connectivity index (χ3v) is 5.29. The summed E-state index contributed by atoms with van der Waals surface area (Å²) < 4.78 is 41.7. The molecule has 0 bridgehead atoms. The molecular weight excluding hydrogens is 457 g/mol. The molecule has 0 saturated heterocycles. The molecule has 35 heavy (non-hydrogen) atoms. The molecule has 1 amide bonds. The first kappa shape index (κ1) is 27.5. The van der Waals surface area contributed by atoms with Gasteiger partial charge >= 0.3 is 6.36 Å². The second-order valence-corrected chi connectivity index (χ2v) is 7.83. The molecule has 0 aliphatic rings. The van der Waals surface area contributed by atoms with Crippen LogP contribution in [0, 0.1) is 18.8 Å². The van der Waals surface area contributed by atoms with E-state index in [4.69, 9.17) is 0 Å². The highest BCUT2D eigenvalue weighted by molar-refractivity contribution is 5.87. The van der Waals surface area contributed by atoms with Gasteiger partial charge in [0, 0.05) is 19.8 Å². The lowest BCUT2D eigenvalue weighted by Gasteiger charge is -2.25. The van der Waals surface area contributed by atoms with Gasteiger partial charge in [-0.2, -0.15) is 0 Å². The number of aliphatic hydroxyl groups excluding tert-OH is 1. The van der Waals surface area contributed by atoms with Crippen LogP contribution >= 0.6 is 0 Å². The summed E-state index contributed by atoms with van der Waals surface area (Å²) in [7, 11) is 1.88. The summed E-state index contributed by atoms with van der Waals surface area (Å²) in [5, 5.41) is 12.1. The zero-order valence-electron chi connectivity index (χ0n) is 20.2. The van der Waals surface area contributed by atoms with E-state index < -0.39 is 6.36 Å². The molecule has 2 aromatic rings. The fourth-order valence-electron chi connectivity index (χ4n) is 3.55. The Balaban J connectivity index is 2.75. The van der Waals surface area contributed by atoms with Crippen LogP contribution in [-0.2, 0) is 11.3 Å². The van der Waals surface area contributed by atoms with E-state index in [-0.39, 0.29) is 24.8 Å². The van der Waals surface area contributed by atoms with Crippen molar-refractivity contribution in [3.63, 3.8) is 0 Å². The molecule has 0 spiro atoms. The van der Waals surface area contributed by atoms with Gasteiger partial charge in [-0.3, -0.25) is 4.79 Å². The minimum absolute atomic E-state index is 0.139. The van der Waals surface area contributed by atoms with E-state index in [2.05, 4.69) is 28.5 Å². The van der Waals surface area contributed by atoms with E-state index in [1.807, 2.05) is 45.0 Å². The fraction of sp³-hybridized carbons (Fsp3) is 0.296. The van der Waals surface area contributed by atoms with Gasteiger partial charge in [0.05, 0.1) is 11.3 Å². The van der Waals surface area contributed by atoms with Gasteiger partial charge in [0.2, 0.25) is 5.91 Å². The van der Waals surface area contributed by atoms with Crippen LogP contribution in [0.15, 0.2) is 54.8 Å². The Kier molecular flexibility index (Phi) is 9.55. The van der Waals surface area contributed by atoms with Crippen LogP contribution < -0.4 is 15.0 Å². The number of carbonyl (C=O) groups is 1. The van der Waals surface area contributed by atoms with Crippen molar-refractivity contribution in [1.29, 1.82) is 0 Å². The van der Waals surface area contributed by atoms with E-state index >= 15 is 0 Å². The monoisotopic (exact) mass is 486 g/mol. The number of rotatable bonds is 8. The lowest BCUT2D eigenvalue weighted by Crippen LogP contribution is -2.22. The molecule has 2 rings (SSSR count). The number of halogens is 3. The van der Waals surface area contributed by atoms with Crippen LogP contribution in [0.25, 0.3) is 11.1 Å². The Labute approximate surface area is 203 Å². The van der Waals surface area contributed by atoms with Crippen molar-refractivity contribution in [3.05, 3.63) is 71.5 Å². The molecule has 0 heterocycles. The number of anilines is 1.